The van der Waals surface area contributed by atoms with Gasteiger partial charge in [0.25, 0.3) is 11.4 Å². The lowest BCUT2D eigenvalue weighted by Crippen LogP contribution is -2.15. The predicted octanol–water partition coefficient (Wildman–Crippen LogP) is 3.56. The van der Waals surface area contributed by atoms with Crippen molar-refractivity contribution in [2.75, 3.05) is 0 Å². The van der Waals surface area contributed by atoms with Crippen molar-refractivity contribution in [2.45, 2.75) is 12.3 Å². The first kappa shape index (κ1) is 16.4. The summed E-state index contributed by atoms with van der Waals surface area (Å²) >= 11 is 0. The number of allylic oxidation sites excluding steroid dienone is 1. The minimum atomic E-state index is -0.722. The van der Waals surface area contributed by atoms with Crippen LogP contribution in [0.15, 0.2) is 42.0 Å². The summed E-state index contributed by atoms with van der Waals surface area (Å²) < 4.78 is 13.5. The van der Waals surface area contributed by atoms with Crippen molar-refractivity contribution in [3.63, 3.8) is 0 Å². The van der Waals surface area contributed by atoms with Crippen LogP contribution in [0.1, 0.15) is 22.6 Å². The highest BCUT2D eigenvalue weighted by Crippen LogP contribution is 2.40. The van der Waals surface area contributed by atoms with Crippen molar-refractivity contribution in [1.29, 1.82) is 0 Å². The molecule has 3 rings (SSSR count). The van der Waals surface area contributed by atoms with E-state index in [1.807, 2.05) is 0 Å². The number of nitro benzene ring substituents is 2. The molecule has 25 heavy (non-hydrogen) atoms. The number of benzene rings is 2. The Labute approximate surface area is 140 Å². The smallest absolute Gasteiger partial charge is 0.280 e. The second kappa shape index (κ2) is 6.23. The van der Waals surface area contributed by atoms with Crippen LogP contribution < -0.4 is 0 Å². The molecule has 2 aromatic rings. The van der Waals surface area contributed by atoms with Crippen molar-refractivity contribution in [3.8, 4) is 0 Å². The Morgan fingerprint density at radius 2 is 1.88 bits per heavy atom. The highest BCUT2D eigenvalue weighted by Gasteiger charge is 2.31. The Bertz CT molecular complexity index is 939. The molecule has 0 amide bonds. The summed E-state index contributed by atoms with van der Waals surface area (Å²) in [6, 6.07) is 7.76. The molecule has 7 nitrogen and oxygen atoms in total. The monoisotopic (exact) mass is 342 g/mol. The lowest BCUT2D eigenvalue weighted by Gasteiger charge is -2.23. The molecule has 2 aromatic carbocycles. The number of rotatable bonds is 4. The van der Waals surface area contributed by atoms with Crippen LogP contribution >= 0.6 is 0 Å². The normalized spacial score (nSPS) is 15.9. The van der Waals surface area contributed by atoms with Crippen molar-refractivity contribution in [2.24, 2.45) is 0 Å². The third kappa shape index (κ3) is 3.01. The second-order valence-electron chi connectivity index (χ2n) is 5.62. The van der Waals surface area contributed by atoms with Crippen LogP contribution in [-0.4, -0.2) is 16.1 Å². The van der Waals surface area contributed by atoms with E-state index in [4.69, 9.17) is 0 Å². The summed E-state index contributed by atoms with van der Waals surface area (Å²) in [5.41, 5.74) is 0.540. The van der Waals surface area contributed by atoms with Gasteiger partial charge in [-0.3, -0.25) is 25.0 Å². The molecule has 1 aliphatic carbocycles. The second-order valence-corrected chi connectivity index (χ2v) is 5.62. The maximum absolute atomic E-state index is 13.5. The van der Waals surface area contributed by atoms with Crippen LogP contribution in [0.25, 0.3) is 6.08 Å². The highest BCUT2D eigenvalue weighted by molar-refractivity contribution is 5.87. The number of aldehydes is 1. The Morgan fingerprint density at radius 1 is 1.12 bits per heavy atom. The van der Waals surface area contributed by atoms with Gasteiger partial charge in [-0.1, -0.05) is 12.1 Å². The van der Waals surface area contributed by atoms with Gasteiger partial charge in [-0.15, -0.1) is 0 Å². The molecule has 0 fully saturated rings. The van der Waals surface area contributed by atoms with Gasteiger partial charge in [-0.25, -0.2) is 4.39 Å². The summed E-state index contributed by atoms with van der Waals surface area (Å²) in [5.74, 6) is -1.03. The number of fused-ring (bicyclic) bond motifs is 1. The number of non-ortho nitro benzene ring substituents is 1. The van der Waals surface area contributed by atoms with Crippen molar-refractivity contribution >= 4 is 23.7 Å². The molecule has 1 aliphatic rings. The maximum atomic E-state index is 13.5. The average Bonchev–Trinajstić information content (AvgIpc) is 2.59. The van der Waals surface area contributed by atoms with Gasteiger partial charge in [-0.2, -0.15) is 0 Å². The molecule has 1 atom stereocenters. The standard InChI is InChI=1S/C17H11FN2O5/c18-13-3-1-2-10(5-13)15-8-16-11(4-12(15)9-21)6-14(19(22)23)7-17(16)20(24)25/h1-7,9,15H,8H2/t15-/m1/s1. The number of nitrogens with zero attached hydrogens (tertiary/aromatic N) is 2. The molecule has 0 N–H and O–H groups in total. The van der Waals surface area contributed by atoms with Gasteiger partial charge >= 0.3 is 0 Å². The fourth-order valence-corrected chi connectivity index (χ4v) is 3.03. The molecule has 0 saturated carbocycles. The van der Waals surface area contributed by atoms with Crippen LogP contribution in [-0.2, 0) is 11.2 Å². The molecule has 0 saturated heterocycles. The Balaban J connectivity index is 2.19. The first-order chi connectivity index (χ1) is 11.9. The third-order valence-corrected chi connectivity index (χ3v) is 4.17. The average molecular weight is 342 g/mol. The Hall–Kier alpha value is -3.42. The van der Waals surface area contributed by atoms with E-state index in [1.165, 1.54) is 30.3 Å². The summed E-state index contributed by atoms with van der Waals surface area (Å²) in [5, 5.41) is 22.3. The highest BCUT2D eigenvalue weighted by atomic mass is 19.1. The fraction of sp³-hybridized carbons (Fsp3) is 0.118. The minimum absolute atomic E-state index is 0.0810. The Morgan fingerprint density at radius 3 is 2.48 bits per heavy atom. The van der Waals surface area contributed by atoms with E-state index in [0.717, 1.165) is 6.07 Å². The SMILES string of the molecule is O=CC1=Cc2cc([N+](=O)[O-])cc([N+](=O)[O-])c2C[C@@H]1c1cccc(F)c1. The van der Waals surface area contributed by atoms with E-state index >= 15 is 0 Å². The first-order valence-electron chi connectivity index (χ1n) is 7.28. The van der Waals surface area contributed by atoms with Gasteiger partial charge in [-0.05, 0) is 35.8 Å². The number of carbonyl (C=O) groups excluding carboxylic acids is 1. The molecule has 0 unspecified atom stereocenters. The van der Waals surface area contributed by atoms with Gasteiger partial charge in [0, 0.05) is 23.1 Å². The van der Waals surface area contributed by atoms with Crippen molar-refractivity contribution in [3.05, 3.63) is 84.7 Å². The van der Waals surface area contributed by atoms with Gasteiger partial charge < -0.3 is 0 Å². The van der Waals surface area contributed by atoms with Crippen LogP contribution in [0.3, 0.4) is 0 Å². The summed E-state index contributed by atoms with van der Waals surface area (Å²) in [6.45, 7) is 0. The fourth-order valence-electron chi connectivity index (χ4n) is 3.03. The zero-order valence-electron chi connectivity index (χ0n) is 12.7. The van der Waals surface area contributed by atoms with Gasteiger partial charge in [0.2, 0.25) is 0 Å². The number of hydrogen-bond donors (Lipinski definition) is 0. The quantitative estimate of drug-likeness (QED) is 0.480. The molecule has 0 heterocycles. The topological polar surface area (TPSA) is 103 Å². The molecule has 0 aromatic heterocycles. The van der Waals surface area contributed by atoms with E-state index in [0.29, 0.717) is 11.8 Å². The molecule has 0 spiro atoms. The maximum Gasteiger partial charge on any atom is 0.280 e. The molecule has 126 valence electrons. The molecule has 0 aliphatic heterocycles. The van der Waals surface area contributed by atoms with Gasteiger partial charge in [0.1, 0.15) is 12.1 Å². The molecular formula is C17H11FN2O5. The lowest BCUT2D eigenvalue weighted by molar-refractivity contribution is -0.394. The van der Waals surface area contributed by atoms with Crippen LogP contribution in [0.2, 0.25) is 0 Å². The summed E-state index contributed by atoms with van der Waals surface area (Å²) in [4.78, 5) is 32.4. The number of halogens is 1. The summed E-state index contributed by atoms with van der Waals surface area (Å²) in [6.07, 6.45) is 2.06. The van der Waals surface area contributed by atoms with E-state index in [-0.39, 0.29) is 28.8 Å². The number of carbonyl (C=O) groups is 1. The van der Waals surface area contributed by atoms with E-state index in [9.17, 15) is 29.4 Å². The van der Waals surface area contributed by atoms with E-state index in [2.05, 4.69) is 0 Å². The first-order valence-corrected chi connectivity index (χ1v) is 7.28. The molecule has 0 radical (unpaired) electrons. The Kier molecular flexibility index (Phi) is 4.10. The van der Waals surface area contributed by atoms with Crippen LogP contribution in [0.5, 0.6) is 0 Å². The lowest BCUT2D eigenvalue weighted by atomic mass is 9.79. The van der Waals surface area contributed by atoms with Crippen molar-refractivity contribution in [1.82, 2.24) is 0 Å². The molecular weight excluding hydrogens is 331 g/mol. The van der Waals surface area contributed by atoms with E-state index in [1.54, 1.807) is 6.07 Å². The number of nitro groups is 2. The van der Waals surface area contributed by atoms with Crippen LogP contribution in [0, 0.1) is 26.0 Å². The van der Waals surface area contributed by atoms with Gasteiger partial charge in [0.15, 0.2) is 0 Å². The minimum Gasteiger partial charge on any atom is -0.298 e. The zero-order chi connectivity index (χ0) is 18.1. The van der Waals surface area contributed by atoms with Gasteiger partial charge in [0.05, 0.1) is 15.9 Å². The van der Waals surface area contributed by atoms with E-state index < -0.39 is 27.3 Å². The third-order valence-electron chi connectivity index (χ3n) is 4.17. The van der Waals surface area contributed by atoms with Crippen LogP contribution in [0.4, 0.5) is 15.8 Å². The zero-order valence-corrected chi connectivity index (χ0v) is 12.7. The predicted molar refractivity (Wildman–Crippen MR) is 86.6 cm³/mol. The largest absolute Gasteiger partial charge is 0.298 e. The molecule has 0 bridgehead atoms. The number of hydrogen-bond acceptors (Lipinski definition) is 5. The molecule has 8 heteroatoms. The van der Waals surface area contributed by atoms with Crippen molar-refractivity contribution < 1.29 is 19.0 Å². The summed E-state index contributed by atoms with van der Waals surface area (Å²) in [7, 11) is 0.